The van der Waals surface area contributed by atoms with Gasteiger partial charge in [-0.25, -0.2) is 0 Å². The SMILES string of the molecule is CN(C)C(=O)CCC[C@H]1NCC2CC1CN(C(=O)Cc1ccccc1Cl)C2. The molecule has 6 heteroatoms. The van der Waals surface area contributed by atoms with Crippen LogP contribution >= 0.6 is 11.6 Å². The van der Waals surface area contributed by atoms with Gasteiger partial charge in [0.25, 0.3) is 0 Å². The topological polar surface area (TPSA) is 52.7 Å². The maximum absolute atomic E-state index is 12.8. The number of nitrogens with one attached hydrogen (secondary N) is 1. The largest absolute Gasteiger partial charge is 0.349 e. The molecule has 2 bridgehead atoms. The monoisotopic (exact) mass is 391 g/mol. The van der Waals surface area contributed by atoms with Gasteiger partial charge >= 0.3 is 0 Å². The van der Waals surface area contributed by atoms with Gasteiger partial charge in [0.1, 0.15) is 0 Å². The quantitative estimate of drug-likeness (QED) is 0.810. The number of carbonyl (C=O) groups is 2. The number of halogens is 1. The number of fused-ring (bicyclic) bond motifs is 2. The molecular weight excluding hydrogens is 362 g/mol. The molecule has 148 valence electrons. The summed E-state index contributed by atoms with van der Waals surface area (Å²) in [5.74, 6) is 1.35. The Morgan fingerprint density at radius 3 is 2.78 bits per heavy atom. The lowest BCUT2D eigenvalue weighted by Crippen LogP contribution is -2.57. The molecule has 3 rings (SSSR count). The fourth-order valence-corrected chi connectivity index (χ4v) is 4.53. The van der Waals surface area contributed by atoms with Crippen LogP contribution in [0.4, 0.5) is 0 Å². The van der Waals surface area contributed by atoms with Gasteiger partial charge in [0.05, 0.1) is 6.42 Å². The molecule has 2 heterocycles. The molecule has 5 nitrogen and oxygen atoms in total. The van der Waals surface area contributed by atoms with Crippen LogP contribution in [-0.2, 0) is 16.0 Å². The van der Waals surface area contributed by atoms with Gasteiger partial charge in [-0.3, -0.25) is 9.59 Å². The summed E-state index contributed by atoms with van der Waals surface area (Å²) in [4.78, 5) is 28.3. The van der Waals surface area contributed by atoms with E-state index in [-0.39, 0.29) is 11.8 Å². The van der Waals surface area contributed by atoms with Crippen molar-refractivity contribution in [3.05, 3.63) is 34.9 Å². The van der Waals surface area contributed by atoms with Gasteiger partial charge in [0.15, 0.2) is 0 Å². The maximum Gasteiger partial charge on any atom is 0.227 e. The van der Waals surface area contributed by atoms with Crippen molar-refractivity contribution < 1.29 is 9.59 Å². The fourth-order valence-electron chi connectivity index (χ4n) is 4.33. The van der Waals surface area contributed by atoms with Gasteiger partial charge in [0, 0.05) is 44.7 Å². The highest BCUT2D eigenvalue weighted by atomic mass is 35.5. The van der Waals surface area contributed by atoms with E-state index in [1.165, 1.54) is 6.42 Å². The normalized spacial score (nSPS) is 24.6. The Hall–Kier alpha value is -1.59. The standard InChI is InChI=1S/C21H30ClN3O2/c1-24(2)20(26)9-5-8-19-17-10-15(12-23-19)13-25(14-17)21(27)11-16-6-3-4-7-18(16)22/h3-4,6-7,15,17,19,23H,5,8-14H2,1-2H3/t15?,17?,19-/m1/s1. The van der Waals surface area contributed by atoms with Crippen molar-refractivity contribution in [1.82, 2.24) is 15.1 Å². The summed E-state index contributed by atoms with van der Waals surface area (Å²) < 4.78 is 0. The van der Waals surface area contributed by atoms with Crippen molar-refractivity contribution in [2.24, 2.45) is 11.8 Å². The van der Waals surface area contributed by atoms with E-state index < -0.39 is 0 Å². The maximum atomic E-state index is 12.8. The van der Waals surface area contributed by atoms with Gasteiger partial charge < -0.3 is 15.1 Å². The van der Waals surface area contributed by atoms with E-state index in [2.05, 4.69) is 5.32 Å². The molecule has 0 spiro atoms. The second kappa shape index (κ2) is 9.07. The van der Waals surface area contributed by atoms with E-state index in [4.69, 9.17) is 11.6 Å². The first kappa shape index (κ1) is 20.2. The predicted octanol–water partition coefficient (Wildman–Crippen LogP) is 2.58. The van der Waals surface area contributed by atoms with E-state index in [1.54, 1.807) is 19.0 Å². The molecular formula is C21H30ClN3O2. The molecule has 2 saturated heterocycles. The zero-order valence-electron chi connectivity index (χ0n) is 16.3. The number of benzene rings is 1. The Morgan fingerprint density at radius 1 is 1.26 bits per heavy atom. The summed E-state index contributed by atoms with van der Waals surface area (Å²) >= 11 is 6.22. The van der Waals surface area contributed by atoms with Gasteiger partial charge in [0.2, 0.25) is 11.8 Å². The molecule has 1 aromatic rings. The fraction of sp³-hybridized carbons (Fsp3) is 0.619. The highest BCUT2D eigenvalue weighted by Gasteiger charge is 2.37. The van der Waals surface area contributed by atoms with Crippen LogP contribution in [0, 0.1) is 11.8 Å². The van der Waals surface area contributed by atoms with E-state index in [0.29, 0.717) is 35.7 Å². The number of piperidine rings is 2. The lowest BCUT2D eigenvalue weighted by molar-refractivity contribution is -0.134. The number of hydrogen-bond acceptors (Lipinski definition) is 3. The molecule has 1 N–H and O–H groups in total. The van der Waals surface area contributed by atoms with Crippen molar-refractivity contribution in [2.45, 2.75) is 38.1 Å². The summed E-state index contributed by atoms with van der Waals surface area (Å²) in [7, 11) is 3.60. The predicted molar refractivity (Wildman–Crippen MR) is 108 cm³/mol. The van der Waals surface area contributed by atoms with Crippen LogP contribution in [0.3, 0.4) is 0 Å². The second-order valence-corrected chi connectivity index (χ2v) is 8.53. The molecule has 27 heavy (non-hydrogen) atoms. The average molecular weight is 392 g/mol. The van der Waals surface area contributed by atoms with Crippen LogP contribution in [0.15, 0.2) is 24.3 Å². The van der Waals surface area contributed by atoms with E-state index >= 15 is 0 Å². The molecule has 2 fully saturated rings. The Morgan fingerprint density at radius 2 is 2.04 bits per heavy atom. The Balaban J connectivity index is 1.54. The molecule has 3 atom stereocenters. The molecule has 0 saturated carbocycles. The smallest absolute Gasteiger partial charge is 0.227 e. The van der Waals surface area contributed by atoms with Crippen LogP contribution in [0.1, 0.15) is 31.2 Å². The molecule has 2 aliphatic rings. The van der Waals surface area contributed by atoms with Crippen LogP contribution in [-0.4, -0.2) is 61.4 Å². The number of hydrogen-bond donors (Lipinski definition) is 1. The average Bonchev–Trinajstić information content (AvgIpc) is 2.65. The molecule has 0 aliphatic carbocycles. The molecule has 2 unspecified atom stereocenters. The minimum atomic E-state index is 0.168. The summed E-state index contributed by atoms with van der Waals surface area (Å²) in [5.41, 5.74) is 0.900. The second-order valence-electron chi connectivity index (χ2n) is 8.12. The minimum absolute atomic E-state index is 0.168. The van der Waals surface area contributed by atoms with E-state index in [1.807, 2.05) is 29.2 Å². The van der Waals surface area contributed by atoms with Crippen LogP contribution in [0.5, 0.6) is 0 Å². The molecule has 1 aromatic carbocycles. The van der Waals surface area contributed by atoms with Crippen molar-refractivity contribution in [1.29, 1.82) is 0 Å². The Bertz CT molecular complexity index is 679. The number of rotatable bonds is 6. The Labute approximate surface area is 167 Å². The first-order chi connectivity index (χ1) is 12.9. The zero-order valence-corrected chi connectivity index (χ0v) is 17.0. The lowest BCUT2D eigenvalue weighted by atomic mass is 9.79. The van der Waals surface area contributed by atoms with E-state index in [9.17, 15) is 9.59 Å². The molecule has 2 aliphatic heterocycles. The molecule has 2 amide bonds. The van der Waals surface area contributed by atoms with Crippen molar-refractivity contribution in [3.63, 3.8) is 0 Å². The Kier molecular flexibility index (Phi) is 6.77. The molecule has 0 radical (unpaired) electrons. The number of nitrogens with zero attached hydrogens (tertiary/aromatic N) is 2. The van der Waals surface area contributed by atoms with Crippen molar-refractivity contribution in [2.75, 3.05) is 33.7 Å². The zero-order chi connectivity index (χ0) is 19.4. The first-order valence-electron chi connectivity index (χ1n) is 9.88. The van der Waals surface area contributed by atoms with Gasteiger partial charge in [-0.15, -0.1) is 0 Å². The highest BCUT2D eigenvalue weighted by Crippen LogP contribution is 2.31. The first-order valence-corrected chi connectivity index (χ1v) is 10.3. The summed E-state index contributed by atoms with van der Waals surface area (Å²) in [6.45, 7) is 2.59. The van der Waals surface area contributed by atoms with Crippen LogP contribution < -0.4 is 5.32 Å². The van der Waals surface area contributed by atoms with Crippen molar-refractivity contribution >= 4 is 23.4 Å². The summed E-state index contributed by atoms with van der Waals surface area (Å²) in [6, 6.07) is 7.97. The third-order valence-corrected chi connectivity index (χ3v) is 6.23. The van der Waals surface area contributed by atoms with Crippen molar-refractivity contribution in [3.8, 4) is 0 Å². The number of carbonyl (C=O) groups excluding carboxylic acids is 2. The number of amides is 2. The molecule has 0 aromatic heterocycles. The summed E-state index contributed by atoms with van der Waals surface area (Å²) in [6.07, 6.45) is 4.02. The third-order valence-electron chi connectivity index (χ3n) is 5.86. The third kappa shape index (κ3) is 5.23. The van der Waals surface area contributed by atoms with Gasteiger partial charge in [-0.2, -0.15) is 0 Å². The van der Waals surface area contributed by atoms with Crippen LogP contribution in [0.2, 0.25) is 5.02 Å². The van der Waals surface area contributed by atoms with Gasteiger partial charge in [-0.1, -0.05) is 29.8 Å². The van der Waals surface area contributed by atoms with Gasteiger partial charge in [-0.05, 0) is 49.3 Å². The summed E-state index contributed by atoms with van der Waals surface area (Å²) in [5, 5.41) is 4.32. The highest BCUT2D eigenvalue weighted by molar-refractivity contribution is 6.31. The lowest BCUT2D eigenvalue weighted by Gasteiger charge is -2.46. The minimum Gasteiger partial charge on any atom is -0.349 e. The van der Waals surface area contributed by atoms with E-state index in [0.717, 1.165) is 38.0 Å². The van der Waals surface area contributed by atoms with Crippen LogP contribution in [0.25, 0.3) is 0 Å². The number of likely N-dealkylation sites (tertiary alicyclic amines) is 1.